The summed E-state index contributed by atoms with van der Waals surface area (Å²) in [6, 6.07) is 9.26. The number of ether oxygens (including phenoxy) is 1. The SMILES string of the molecule is CCNC(c1ccc(C)cc1)C1(OCC)CCCCC1. The predicted molar refractivity (Wildman–Crippen MR) is 85.0 cm³/mol. The Balaban J connectivity index is 2.30. The molecule has 1 aromatic carbocycles. The van der Waals surface area contributed by atoms with Crippen LogP contribution in [0, 0.1) is 6.92 Å². The van der Waals surface area contributed by atoms with Crippen molar-refractivity contribution in [3.63, 3.8) is 0 Å². The van der Waals surface area contributed by atoms with E-state index in [0.29, 0.717) is 6.04 Å². The summed E-state index contributed by atoms with van der Waals surface area (Å²) in [5, 5.41) is 3.69. The van der Waals surface area contributed by atoms with Crippen LogP contribution in [0.2, 0.25) is 0 Å². The van der Waals surface area contributed by atoms with E-state index < -0.39 is 0 Å². The Hall–Kier alpha value is -0.860. The lowest BCUT2D eigenvalue weighted by molar-refractivity contribution is -0.0909. The molecule has 20 heavy (non-hydrogen) atoms. The Bertz CT molecular complexity index is 387. The van der Waals surface area contributed by atoms with Crippen molar-refractivity contribution >= 4 is 0 Å². The van der Waals surface area contributed by atoms with Gasteiger partial charge >= 0.3 is 0 Å². The van der Waals surface area contributed by atoms with Crippen LogP contribution in [0.5, 0.6) is 0 Å². The average Bonchev–Trinajstić information content (AvgIpc) is 2.47. The van der Waals surface area contributed by atoms with Crippen LogP contribution in [0.4, 0.5) is 0 Å². The largest absolute Gasteiger partial charge is 0.373 e. The monoisotopic (exact) mass is 275 g/mol. The molecule has 0 amide bonds. The lowest BCUT2D eigenvalue weighted by Crippen LogP contribution is -2.47. The molecule has 1 aromatic rings. The van der Waals surface area contributed by atoms with Crippen molar-refractivity contribution in [2.75, 3.05) is 13.2 Å². The van der Waals surface area contributed by atoms with E-state index in [1.165, 1.54) is 43.2 Å². The predicted octanol–water partition coefficient (Wildman–Crippen LogP) is 4.39. The highest BCUT2D eigenvalue weighted by atomic mass is 16.5. The smallest absolute Gasteiger partial charge is 0.0876 e. The van der Waals surface area contributed by atoms with E-state index in [4.69, 9.17) is 4.74 Å². The first-order chi connectivity index (χ1) is 9.72. The molecule has 112 valence electrons. The van der Waals surface area contributed by atoms with E-state index in [2.05, 4.69) is 50.4 Å². The van der Waals surface area contributed by atoms with Crippen LogP contribution in [-0.2, 0) is 4.74 Å². The van der Waals surface area contributed by atoms with Gasteiger partial charge in [0.15, 0.2) is 0 Å². The summed E-state index contributed by atoms with van der Waals surface area (Å²) in [6.45, 7) is 8.23. The van der Waals surface area contributed by atoms with Gasteiger partial charge in [-0.05, 0) is 38.8 Å². The van der Waals surface area contributed by atoms with Gasteiger partial charge in [0.1, 0.15) is 0 Å². The molecule has 0 bridgehead atoms. The van der Waals surface area contributed by atoms with Crippen molar-refractivity contribution in [1.29, 1.82) is 0 Å². The highest BCUT2D eigenvalue weighted by Crippen LogP contribution is 2.41. The number of hydrogen-bond acceptors (Lipinski definition) is 2. The molecule has 2 heteroatoms. The summed E-state index contributed by atoms with van der Waals surface area (Å²) in [7, 11) is 0. The lowest BCUT2D eigenvalue weighted by atomic mass is 9.76. The van der Waals surface area contributed by atoms with Crippen molar-refractivity contribution in [1.82, 2.24) is 5.32 Å². The summed E-state index contributed by atoms with van der Waals surface area (Å²) in [5.74, 6) is 0. The zero-order valence-electron chi connectivity index (χ0n) is 13.2. The van der Waals surface area contributed by atoms with Gasteiger partial charge in [0.05, 0.1) is 11.6 Å². The van der Waals surface area contributed by atoms with Gasteiger partial charge in [-0.3, -0.25) is 0 Å². The van der Waals surface area contributed by atoms with Crippen molar-refractivity contribution in [2.24, 2.45) is 0 Å². The zero-order valence-corrected chi connectivity index (χ0v) is 13.2. The van der Waals surface area contributed by atoms with Crippen molar-refractivity contribution < 1.29 is 4.74 Å². The molecule has 0 radical (unpaired) electrons. The summed E-state index contributed by atoms with van der Waals surface area (Å²) in [5.41, 5.74) is 2.67. The fourth-order valence-electron chi connectivity index (χ4n) is 3.52. The van der Waals surface area contributed by atoms with Gasteiger partial charge in [-0.2, -0.15) is 0 Å². The van der Waals surface area contributed by atoms with E-state index in [0.717, 1.165) is 13.2 Å². The fraction of sp³-hybridized carbons (Fsp3) is 0.667. The van der Waals surface area contributed by atoms with Crippen LogP contribution >= 0.6 is 0 Å². The molecule has 1 fully saturated rings. The highest BCUT2D eigenvalue weighted by molar-refractivity contribution is 5.27. The Morgan fingerprint density at radius 2 is 1.75 bits per heavy atom. The molecule has 1 aliphatic carbocycles. The molecule has 2 nitrogen and oxygen atoms in total. The summed E-state index contributed by atoms with van der Waals surface area (Å²) in [4.78, 5) is 0. The maximum absolute atomic E-state index is 6.31. The molecular formula is C18H29NO. The molecule has 2 rings (SSSR count). The molecule has 0 saturated heterocycles. The minimum atomic E-state index is -0.0156. The second-order valence-electron chi connectivity index (χ2n) is 5.96. The molecule has 1 atom stereocenters. The second-order valence-corrected chi connectivity index (χ2v) is 5.96. The second kappa shape index (κ2) is 7.24. The number of benzene rings is 1. The number of hydrogen-bond donors (Lipinski definition) is 1. The summed E-state index contributed by atoms with van der Waals surface area (Å²) >= 11 is 0. The molecule has 0 aromatic heterocycles. The standard InChI is InChI=1S/C18H29NO/c1-4-19-17(16-11-9-15(3)10-12-16)18(20-5-2)13-7-6-8-14-18/h9-12,17,19H,4-8,13-14H2,1-3H3. The fourth-order valence-corrected chi connectivity index (χ4v) is 3.52. The van der Waals surface area contributed by atoms with E-state index in [1.54, 1.807) is 0 Å². The highest BCUT2D eigenvalue weighted by Gasteiger charge is 2.41. The average molecular weight is 275 g/mol. The maximum atomic E-state index is 6.31. The van der Waals surface area contributed by atoms with Crippen LogP contribution in [-0.4, -0.2) is 18.8 Å². The number of likely N-dealkylation sites (N-methyl/N-ethyl adjacent to an activating group) is 1. The van der Waals surface area contributed by atoms with E-state index in [1.807, 2.05) is 0 Å². The van der Waals surface area contributed by atoms with Gasteiger partial charge in [0, 0.05) is 6.61 Å². The van der Waals surface area contributed by atoms with E-state index >= 15 is 0 Å². The van der Waals surface area contributed by atoms with Crippen molar-refractivity contribution in [2.45, 2.75) is 64.5 Å². The normalized spacial score (nSPS) is 19.8. The summed E-state index contributed by atoms with van der Waals surface area (Å²) < 4.78 is 6.31. The van der Waals surface area contributed by atoms with Gasteiger partial charge in [0.2, 0.25) is 0 Å². The number of rotatable bonds is 6. The molecule has 1 saturated carbocycles. The van der Waals surface area contributed by atoms with Crippen molar-refractivity contribution in [3.8, 4) is 0 Å². The van der Waals surface area contributed by atoms with Gasteiger partial charge in [-0.1, -0.05) is 56.0 Å². The first kappa shape index (κ1) is 15.5. The van der Waals surface area contributed by atoms with Crippen LogP contribution < -0.4 is 5.32 Å². The van der Waals surface area contributed by atoms with E-state index in [9.17, 15) is 0 Å². The van der Waals surface area contributed by atoms with Crippen LogP contribution in [0.3, 0.4) is 0 Å². The maximum Gasteiger partial charge on any atom is 0.0876 e. The topological polar surface area (TPSA) is 21.3 Å². The minimum Gasteiger partial charge on any atom is -0.373 e. The van der Waals surface area contributed by atoms with Crippen LogP contribution in [0.25, 0.3) is 0 Å². The molecule has 1 unspecified atom stereocenters. The molecule has 0 spiro atoms. The third-order valence-electron chi connectivity index (χ3n) is 4.48. The van der Waals surface area contributed by atoms with Crippen molar-refractivity contribution in [3.05, 3.63) is 35.4 Å². The summed E-state index contributed by atoms with van der Waals surface area (Å²) in [6.07, 6.45) is 6.27. The molecule has 0 heterocycles. The Morgan fingerprint density at radius 1 is 1.10 bits per heavy atom. The molecule has 0 aliphatic heterocycles. The number of aryl methyl sites for hydroxylation is 1. The lowest BCUT2D eigenvalue weighted by Gasteiger charge is -2.44. The molecule has 1 N–H and O–H groups in total. The van der Waals surface area contributed by atoms with Crippen LogP contribution in [0.1, 0.15) is 63.1 Å². The third kappa shape index (κ3) is 3.42. The number of nitrogens with one attached hydrogen (secondary N) is 1. The van der Waals surface area contributed by atoms with Gasteiger partial charge in [0.25, 0.3) is 0 Å². The van der Waals surface area contributed by atoms with Gasteiger partial charge in [-0.15, -0.1) is 0 Å². The Kier molecular flexibility index (Phi) is 5.62. The minimum absolute atomic E-state index is 0.0156. The van der Waals surface area contributed by atoms with Crippen LogP contribution in [0.15, 0.2) is 24.3 Å². The third-order valence-corrected chi connectivity index (χ3v) is 4.48. The molecule has 1 aliphatic rings. The first-order valence-corrected chi connectivity index (χ1v) is 8.16. The Labute approximate surface area is 123 Å². The quantitative estimate of drug-likeness (QED) is 0.831. The van der Waals surface area contributed by atoms with Gasteiger partial charge < -0.3 is 10.1 Å². The first-order valence-electron chi connectivity index (χ1n) is 8.16. The zero-order chi connectivity index (χ0) is 14.4. The van der Waals surface area contributed by atoms with E-state index in [-0.39, 0.29) is 5.60 Å². The molecular weight excluding hydrogens is 246 g/mol. The van der Waals surface area contributed by atoms with Gasteiger partial charge in [-0.25, -0.2) is 0 Å². The Morgan fingerprint density at radius 3 is 2.30 bits per heavy atom.